The summed E-state index contributed by atoms with van der Waals surface area (Å²) < 4.78 is 65.0. The standard InChI is InChI=1S/C9H4F5N3O3/c10-8(11)6-4(1-2-15)16-3-5(7(6)17(18)19)20-9(12,13)14/h3,8H,1H2. The van der Waals surface area contributed by atoms with Crippen LogP contribution < -0.4 is 4.74 Å². The summed E-state index contributed by atoms with van der Waals surface area (Å²) >= 11 is 0. The van der Waals surface area contributed by atoms with Crippen LogP contribution in [0.5, 0.6) is 5.75 Å². The highest BCUT2D eigenvalue weighted by Gasteiger charge is 2.38. The second-order valence-electron chi connectivity index (χ2n) is 3.27. The highest BCUT2D eigenvalue weighted by Crippen LogP contribution is 2.40. The molecule has 0 spiro atoms. The van der Waals surface area contributed by atoms with E-state index in [1.165, 1.54) is 6.07 Å². The topological polar surface area (TPSA) is 89.0 Å². The van der Waals surface area contributed by atoms with Gasteiger partial charge in [0.25, 0.3) is 6.43 Å². The number of nitrogens with zero attached hydrogens (tertiary/aromatic N) is 3. The lowest BCUT2D eigenvalue weighted by Crippen LogP contribution is -2.19. The van der Waals surface area contributed by atoms with Gasteiger partial charge in [-0.15, -0.1) is 13.2 Å². The number of pyridine rings is 1. The van der Waals surface area contributed by atoms with Crippen LogP contribution in [0.2, 0.25) is 0 Å². The van der Waals surface area contributed by atoms with Crippen LogP contribution in [0.25, 0.3) is 0 Å². The maximum atomic E-state index is 12.8. The smallest absolute Gasteiger partial charge is 0.397 e. The van der Waals surface area contributed by atoms with Gasteiger partial charge in [-0.1, -0.05) is 0 Å². The Hall–Kier alpha value is -2.51. The van der Waals surface area contributed by atoms with Crippen molar-refractivity contribution in [2.24, 2.45) is 0 Å². The van der Waals surface area contributed by atoms with Crippen molar-refractivity contribution in [2.45, 2.75) is 19.2 Å². The largest absolute Gasteiger partial charge is 0.573 e. The average molecular weight is 297 g/mol. The van der Waals surface area contributed by atoms with Crippen LogP contribution in [0.3, 0.4) is 0 Å². The highest BCUT2D eigenvalue weighted by atomic mass is 19.4. The first kappa shape index (κ1) is 15.5. The van der Waals surface area contributed by atoms with Gasteiger partial charge in [0, 0.05) is 0 Å². The molecule has 0 aromatic carbocycles. The van der Waals surface area contributed by atoms with Crippen molar-refractivity contribution in [1.82, 2.24) is 4.98 Å². The van der Waals surface area contributed by atoms with Gasteiger partial charge in [0.15, 0.2) is 0 Å². The summed E-state index contributed by atoms with van der Waals surface area (Å²) in [6.07, 6.45) is -9.22. The first-order valence-electron chi connectivity index (χ1n) is 4.74. The number of aromatic nitrogens is 1. The lowest BCUT2D eigenvalue weighted by atomic mass is 10.1. The Morgan fingerprint density at radius 1 is 1.50 bits per heavy atom. The molecule has 108 valence electrons. The van der Waals surface area contributed by atoms with Crippen LogP contribution in [0.1, 0.15) is 17.7 Å². The molecule has 1 rings (SSSR count). The highest BCUT2D eigenvalue weighted by molar-refractivity contribution is 5.54. The van der Waals surface area contributed by atoms with E-state index in [1.807, 2.05) is 0 Å². The van der Waals surface area contributed by atoms with E-state index in [9.17, 15) is 32.1 Å². The maximum absolute atomic E-state index is 12.8. The Morgan fingerprint density at radius 2 is 2.10 bits per heavy atom. The number of hydrogen-bond acceptors (Lipinski definition) is 5. The zero-order valence-corrected chi connectivity index (χ0v) is 9.32. The number of ether oxygens (including phenoxy) is 1. The van der Waals surface area contributed by atoms with Crippen LogP contribution in [0, 0.1) is 21.4 Å². The number of halogens is 5. The van der Waals surface area contributed by atoms with Gasteiger partial charge in [-0.2, -0.15) is 5.26 Å². The molecule has 0 atom stereocenters. The fourth-order valence-electron chi connectivity index (χ4n) is 1.37. The summed E-state index contributed by atoms with van der Waals surface area (Å²) in [6, 6.07) is 1.43. The van der Waals surface area contributed by atoms with Crippen LogP contribution >= 0.6 is 0 Å². The molecule has 20 heavy (non-hydrogen) atoms. The van der Waals surface area contributed by atoms with Crippen LogP contribution in [0.4, 0.5) is 27.6 Å². The van der Waals surface area contributed by atoms with E-state index in [4.69, 9.17) is 5.26 Å². The van der Waals surface area contributed by atoms with Crippen molar-refractivity contribution in [2.75, 3.05) is 0 Å². The summed E-state index contributed by atoms with van der Waals surface area (Å²) in [5.74, 6) is -1.46. The van der Waals surface area contributed by atoms with Gasteiger partial charge in [0.05, 0.1) is 29.3 Å². The SMILES string of the molecule is N#CCc1ncc(OC(F)(F)F)c([N+](=O)[O-])c1C(F)F. The van der Waals surface area contributed by atoms with Crippen molar-refractivity contribution in [3.8, 4) is 11.8 Å². The summed E-state index contributed by atoms with van der Waals surface area (Å²) in [6.45, 7) is 0. The van der Waals surface area contributed by atoms with Crippen molar-refractivity contribution in [3.05, 3.63) is 27.6 Å². The Bertz CT molecular complexity index is 567. The van der Waals surface area contributed by atoms with E-state index in [0.29, 0.717) is 0 Å². The lowest BCUT2D eigenvalue weighted by Gasteiger charge is -2.12. The molecular weight excluding hydrogens is 293 g/mol. The van der Waals surface area contributed by atoms with E-state index < -0.39 is 46.8 Å². The molecule has 0 saturated carbocycles. The van der Waals surface area contributed by atoms with Gasteiger partial charge in [0.1, 0.15) is 5.56 Å². The second kappa shape index (κ2) is 5.64. The van der Waals surface area contributed by atoms with Crippen LogP contribution in [-0.4, -0.2) is 16.3 Å². The molecule has 0 aliphatic carbocycles. The summed E-state index contributed by atoms with van der Waals surface area (Å²) in [5.41, 5.74) is -3.60. The van der Waals surface area contributed by atoms with E-state index in [2.05, 4.69) is 9.72 Å². The minimum absolute atomic E-state index is 0.282. The molecular formula is C9H4F5N3O3. The second-order valence-corrected chi connectivity index (χ2v) is 3.27. The molecule has 0 fully saturated rings. The third-order valence-electron chi connectivity index (χ3n) is 2.01. The third kappa shape index (κ3) is 3.50. The van der Waals surface area contributed by atoms with Gasteiger partial charge < -0.3 is 4.74 Å². The number of rotatable bonds is 4. The monoisotopic (exact) mass is 297 g/mol. The maximum Gasteiger partial charge on any atom is 0.573 e. The van der Waals surface area contributed by atoms with Crippen molar-refractivity contribution < 1.29 is 31.6 Å². The van der Waals surface area contributed by atoms with Gasteiger partial charge in [-0.05, 0) is 0 Å². The zero-order valence-electron chi connectivity index (χ0n) is 9.32. The normalized spacial score (nSPS) is 11.2. The third-order valence-corrected chi connectivity index (χ3v) is 2.01. The number of alkyl halides is 5. The number of nitro groups is 1. The molecule has 0 radical (unpaired) electrons. The summed E-state index contributed by atoms with van der Waals surface area (Å²) in [4.78, 5) is 12.4. The van der Waals surface area contributed by atoms with Gasteiger partial charge in [-0.3, -0.25) is 15.1 Å². The molecule has 1 aromatic heterocycles. The quantitative estimate of drug-likeness (QED) is 0.484. The predicted molar refractivity (Wildman–Crippen MR) is 51.8 cm³/mol. The fraction of sp³-hybridized carbons (Fsp3) is 0.333. The Labute approximate surface area is 107 Å². The molecule has 1 heterocycles. The van der Waals surface area contributed by atoms with Crippen molar-refractivity contribution in [1.29, 1.82) is 5.26 Å². The molecule has 6 nitrogen and oxygen atoms in total. The Balaban J connectivity index is 3.53. The fourth-order valence-corrected chi connectivity index (χ4v) is 1.37. The van der Waals surface area contributed by atoms with E-state index >= 15 is 0 Å². The minimum Gasteiger partial charge on any atom is -0.397 e. The summed E-state index contributed by atoms with van der Waals surface area (Å²) in [7, 11) is 0. The molecule has 0 aliphatic rings. The molecule has 1 aromatic rings. The molecule has 0 N–H and O–H groups in total. The van der Waals surface area contributed by atoms with Crippen LogP contribution in [-0.2, 0) is 6.42 Å². The first-order valence-corrected chi connectivity index (χ1v) is 4.74. The lowest BCUT2D eigenvalue weighted by molar-refractivity contribution is -0.390. The number of hydrogen-bond donors (Lipinski definition) is 0. The molecule has 0 unspecified atom stereocenters. The number of nitriles is 1. The van der Waals surface area contributed by atoms with Gasteiger partial charge in [0.2, 0.25) is 5.75 Å². The average Bonchev–Trinajstić information content (AvgIpc) is 2.28. The van der Waals surface area contributed by atoms with E-state index in [1.54, 1.807) is 0 Å². The Kier molecular flexibility index (Phi) is 4.38. The van der Waals surface area contributed by atoms with E-state index in [0.717, 1.165) is 0 Å². The minimum atomic E-state index is -5.30. The van der Waals surface area contributed by atoms with Crippen LogP contribution in [0.15, 0.2) is 6.20 Å². The molecule has 0 aliphatic heterocycles. The summed E-state index contributed by atoms with van der Waals surface area (Å²) in [5, 5.41) is 19.1. The molecule has 0 bridgehead atoms. The molecule has 0 saturated heterocycles. The van der Waals surface area contributed by atoms with E-state index in [-0.39, 0.29) is 6.20 Å². The zero-order chi connectivity index (χ0) is 15.5. The van der Waals surface area contributed by atoms with Crippen molar-refractivity contribution in [3.63, 3.8) is 0 Å². The van der Waals surface area contributed by atoms with Gasteiger partial charge in [-0.25, -0.2) is 8.78 Å². The molecule has 0 amide bonds. The van der Waals surface area contributed by atoms with Crippen molar-refractivity contribution >= 4 is 5.69 Å². The van der Waals surface area contributed by atoms with Gasteiger partial charge >= 0.3 is 12.0 Å². The molecule has 11 heteroatoms. The first-order chi connectivity index (χ1) is 9.17. The predicted octanol–water partition coefficient (Wildman–Crippen LogP) is 2.89. The Morgan fingerprint density at radius 3 is 2.50 bits per heavy atom.